The smallest absolute Gasteiger partial charge is 0.257 e. The third-order valence-electron chi connectivity index (χ3n) is 4.88. The molecule has 2 N–H and O–H groups in total. The molecule has 3 aromatic rings. The summed E-state index contributed by atoms with van der Waals surface area (Å²) < 4.78 is 58.9. The third-order valence-corrected chi connectivity index (χ3v) is 8.77. The molecule has 1 aromatic heterocycles. The Balaban J connectivity index is 1.30. The molecule has 0 aliphatic carbocycles. The molecule has 4 rings (SSSR count). The van der Waals surface area contributed by atoms with Gasteiger partial charge in [0.05, 0.1) is 29.5 Å². The fourth-order valence-electron chi connectivity index (χ4n) is 3.11. The van der Waals surface area contributed by atoms with E-state index in [1.54, 1.807) is 0 Å². The number of benzene rings is 2. The zero-order chi connectivity index (χ0) is 25.7. The van der Waals surface area contributed by atoms with Crippen molar-refractivity contribution in [1.29, 1.82) is 0 Å². The normalized spacial score (nSPS) is 14.4. The lowest BCUT2D eigenvalue weighted by atomic mass is 10.2. The maximum Gasteiger partial charge on any atom is 0.257 e. The van der Waals surface area contributed by atoms with Gasteiger partial charge in [-0.3, -0.25) is 14.9 Å². The van der Waals surface area contributed by atoms with Gasteiger partial charge in [-0.2, -0.15) is 4.31 Å². The van der Waals surface area contributed by atoms with Crippen LogP contribution in [-0.4, -0.2) is 66.8 Å². The standard InChI is InChI=1S/C21H19F2N5O5S3/c22-14-3-6-17(16(23)11-14)24-18(29)12-34-21-27-26-20(35-21)25-19(30)13-1-4-15(5-2-13)36(31,32)28-7-9-33-10-8-28/h1-6,11H,7-10,12H2,(H,24,29)(H,25,26,30). The van der Waals surface area contributed by atoms with Gasteiger partial charge in [-0.25, -0.2) is 17.2 Å². The van der Waals surface area contributed by atoms with Gasteiger partial charge in [0.15, 0.2) is 4.34 Å². The number of carbonyl (C=O) groups is 2. The third kappa shape index (κ3) is 6.41. The molecule has 15 heteroatoms. The minimum Gasteiger partial charge on any atom is -0.379 e. The van der Waals surface area contributed by atoms with Crippen LogP contribution in [0.3, 0.4) is 0 Å². The van der Waals surface area contributed by atoms with Crippen LogP contribution in [0.15, 0.2) is 51.7 Å². The molecule has 0 bridgehead atoms. The number of sulfonamides is 1. The molecule has 1 fully saturated rings. The van der Waals surface area contributed by atoms with Gasteiger partial charge in [0.25, 0.3) is 5.91 Å². The van der Waals surface area contributed by atoms with E-state index in [0.717, 1.165) is 35.2 Å². The lowest BCUT2D eigenvalue weighted by molar-refractivity contribution is -0.113. The highest BCUT2D eigenvalue weighted by molar-refractivity contribution is 8.01. The molecule has 2 aromatic carbocycles. The Labute approximate surface area is 213 Å². The van der Waals surface area contributed by atoms with Crippen LogP contribution in [0, 0.1) is 11.6 Å². The number of morpholine rings is 1. The molecule has 0 spiro atoms. The number of hydrogen-bond acceptors (Lipinski definition) is 9. The predicted molar refractivity (Wildman–Crippen MR) is 130 cm³/mol. The lowest BCUT2D eigenvalue weighted by Gasteiger charge is -2.26. The number of anilines is 2. The van der Waals surface area contributed by atoms with Crippen LogP contribution in [0.5, 0.6) is 0 Å². The predicted octanol–water partition coefficient (Wildman–Crippen LogP) is 2.82. The summed E-state index contributed by atoms with van der Waals surface area (Å²) in [7, 11) is -3.67. The SMILES string of the molecule is O=C(CSc1nnc(NC(=O)c2ccc(S(=O)(=O)N3CCOCC3)cc2)s1)Nc1ccc(F)cc1F. The van der Waals surface area contributed by atoms with Crippen LogP contribution in [-0.2, 0) is 19.6 Å². The van der Waals surface area contributed by atoms with Crippen molar-refractivity contribution in [3.63, 3.8) is 0 Å². The van der Waals surface area contributed by atoms with Gasteiger partial charge in [-0.15, -0.1) is 10.2 Å². The fourth-order valence-corrected chi connectivity index (χ4v) is 6.06. The van der Waals surface area contributed by atoms with Crippen molar-refractivity contribution in [2.45, 2.75) is 9.24 Å². The summed E-state index contributed by atoms with van der Waals surface area (Å²) in [6, 6.07) is 8.35. The largest absolute Gasteiger partial charge is 0.379 e. The number of halogens is 2. The molecular weight excluding hydrogens is 536 g/mol. The summed E-state index contributed by atoms with van der Waals surface area (Å²) in [4.78, 5) is 24.6. The highest BCUT2D eigenvalue weighted by Crippen LogP contribution is 2.26. The highest BCUT2D eigenvalue weighted by atomic mass is 32.2. The molecule has 0 saturated carbocycles. The van der Waals surface area contributed by atoms with Crippen molar-refractivity contribution in [2.24, 2.45) is 0 Å². The molecule has 190 valence electrons. The van der Waals surface area contributed by atoms with E-state index in [1.807, 2.05) is 0 Å². The van der Waals surface area contributed by atoms with E-state index in [-0.39, 0.29) is 40.1 Å². The van der Waals surface area contributed by atoms with E-state index in [9.17, 15) is 26.8 Å². The molecule has 0 unspecified atom stereocenters. The average Bonchev–Trinajstić information content (AvgIpc) is 3.32. The number of thioether (sulfide) groups is 1. The van der Waals surface area contributed by atoms with Crippen molar-refractivity contribution < 1.29 is 31.5 Å². The number of rotatable bonds is 8. The molecule has 10 nitrogen and oxygen atoms in total. The Morgan fingerprint density at radius 2 is 1.78 bits per heavy atom. The van der Waals surface area contributed by atoms with E-state index in [4.69, 9.17) is 4.74 Å². The second kappa shape index (κ2) is 11.4. The van der Waals surface area contributed by atoms with Crippen molar-refractivity contribution in [1.82, 2.24) is 14.5 Å². The first-order valence-corrected chi connectivity index (χ1v) is 13.7. The molecule has 1 saturated heterocycles. The fraction of sp³-hybridized carbons (Fsp3) is 0.238. The Bertz CT molecular complexity index is 1360. The number of hydrogen-bond donors (Lipinski definition) is 2. The Morgan fingerprint density at radius 3 is 2.47 bits per heavy atom. The maximum atomic E-state index is 13.6. The first kappa shape index (κ1) is 26.1. The van der Waals surface area contributed by atoms with Crippen LogP contribution >= 0.6 is 23.1 Å². The first-order valence-electron chi connectivity index (χ1n) is 10.4. The number of ether oxygens (including phenoxy) is 1. The topological polar surface area (TPSA) is 131 Å². The van der Waals surface area contributed by atoms with E-state index < -0.39 is 33.5 Å². The Morgan fingerprint density at radius 1 is 1.06 bits per heavy atom. The minimum atomic E-state index is -3.67. The number of nitrogens with one attached hydrogen (secondary N) is 2. The zero-order valence-corrected chi connectivity index (χ0v) is 20.9. The molecule has 2 heterocycles. The van der Waals surface area contributed by atoms with E-state index in [2.05, 4.69) is 20.8 Å². The number of aromatic nitrogens is 2. The van der Waals surface area contributed by atoms with Crippen LogP contribution in [0.2, 0.25) is 0 Å². The van der Waals surface area contributed by atoms with Gasteiger partial charge < -0.3 is 10.1 Å². The lowest BCUT2D eigenvalue weighted by Crippen LogP contribution is -2.40. The van der Waals surface area contributed by atoms with Crippen LogP contribution in [0.25, 0.3) is 0 Å². The molecule has 0 radical (unpaired) electrons. The van der Waals surface area contributed by atoms with E-state index >= 15 is 0 Å². The number of carbonyl (C=O) groups excluding carboxylic acids is 2. The molecule has 36 heavy (non-hydrogen) atoms. The average molecular weight is 556 g/mol. The van der Waals surface area contributed by atoms with Crippen LogP contribution in [0.4, 0.5) is 19.6 Å². The Kier molecular flexibility index (Phi) is 8.25. The van der Waals surface area contributed by atoms with Gasteiger partial charge in [0.1, 0.15) is 11.6 Å². The number of nitrogens with zero attached hydrogens (tertiary/aromatic N) is 3. The van der Waals surface area contributed by atoms with E-state index in [0.29, 0.717) is 23.6 Å². The van der Waals surface area contributed by atoms with Crippen LogP contribution in [0.1, 0.15) is 10.4 Å². The van der Waals surface area contributed by atoms with Gasteiger partial charge in [-0.05, 0) is 36.4 Å². The maximum absolute atomic E-state index is 13.6. The second-order valence-electron chi connectivity index (χ2n) is 7.33. The van der Waals surface area contributed by atoms with Gasteiger partial charge in [0.2, 0.25) is 21.1 Å². The van der Waals surface area contributed by atoms with Crippen molar-refractivity contribution >= 4 is 55.8 Å². The van der Waals surface area contributed by atoms with Crippen molar-refractivity contribution in [3.8, 4) is 0 Å². The van der Waals surface area contributed by atoms with Crippen molar-refractivity contribution in [2.75, 3.05) is 42.7 Å². The Hall–Kier alpha value is -2.98. The summed E-state index contributed by atoms with van der Waals surface area (Å²) >= 11 is 2.05. The molecule has 1 aliphatic rings. The monoisotopic (exact) mass is 555 g/mol. The van der Waals surface area contributed by atoms with Gasteiger partial charge >= 0.3 is 0 Å². The van der Waals surface area contributed by atoms with Gasteiger partial charge in [0, 0.05) is 24.7 Å². The second-order valence-corrected chi connectivity index (χ2v) is 11.5. The quantitative estimate of drug-likeness (QED) is 0.321. The molecule has 0 atom stereocenters. The molecular formula is C21H19F2N5O5S3. The van der Waals surface area contributed by atoms with Crippen molar-refractivity contribution in [3.05, 3.63) is 59.7 Å². The first-order chi connectivity index (χ1) is 17.2. The van der Waals surface area contributed by atoms with E-state index in [1.165, 1.54) is 28.6 Å². The summed E-state index contributed by atoms with van der Waals surface area (Å²) in [6.07, 6.45) is 0. The number of amides is 2. The summed E-state index contributed by atoms with van der Waals surface area (Å²) in [5.41, 5.74) is 0.0806. The summed E-state index contributed by atoms with van der Waals surface area (Å²) in [6.45, 7) is 1.21. The highest BCUT2D eigenvalue weighted by Gasteiger charge is 2.26. The van der Waals surface area contributed by atoms with Gasteiger partial charge in [-0.1, -0.05) is 23.1 Å². The molecule has 1 aliphatic heterocycles. The zero-order valence-electron chi connectivity index (χ0n) is 18.4. The summed E-state index contributed by atoms with van der Waals surface area (Å²) in [5, 5.41) is 12.8. The summed E-state index contributed by atoms with van der Waals surface area (Å²) in [5.74, 6) is -2.79. The van der Waals surface area contributed by atoms with Crippen LogP contribution < -0.4 is 10.6 Å². The minimum absolute atomic E-state index is 0.0781. The molecule has 2 amide bonds.